The molecular formula is C21H23N3O2S. The summed E-state index contributed by atoms with van der Waals surface area (Å²) >= 11 is 1.51. The molecule has 2 aromatic carbocycles. The number of aromatic nitrogens is 2. The summed E-state index contributed by atoms with van der Waals surface area (Å²) in [6.07, 6.45) is 3.59. The van der Waals surface area contributed by atoms with Gasteiger partial charge in [-0.25, -0.2) is 4.98 Å². The number of hydrogen-bond acceptors (Lipinski definition) is 4. The van der Waals surface area contributed by atoms with Crippen LogP contribution in [-0.2, 0) is 0 Å². The summed E-state index contributed by atoms with van der Waals surface area (Å²) in [7, 11) is 1.78. The van der Waals surface area contributed by atoms with Gasteiger partial charge in [-0.1, -0.05) is 48.2 Å². The number of ether oxygens (including phenoxy) is 1. The Morgan fingerprint density at radius 2 is 1.85 bits per heavy atom. The number of nitrogens with zero attached hydrogens (tertiary/aromatic N) is 3. The fourth-order valence-electron chi connectivity index (χ4n) is 2.76. The van der Waals surface area contributed by atoms with Crippen molar-refractivity contribution in [2.45, 2.75) is 12.1 Å². The largest absolute Gasteiger partial charge is 0.491 e. The molecule has 5 nitrogen and oxygen atoms in total. The van der Waals surface area contributed by atoms with E-state index in [9.17, 15) is 4.79 Å². The van der Waals surface area contributed by atoms with Gasteiger partial charge in [-0.3, -0.25) is 9.36 Å². The zero-order valence-electron chi connectivity index (χ0n) is 15.8. The van der Waals surface area contributed by atoms with E-state index in [0.717, 1.165) is 22.2 Å². The molecule has 0 N–H and O–H groups in total. The van der Waals surface area contributed by atoms with Crippen LogP contribution in [0.3, 0.4) is 0 Å². The highest BCUT2D eigenvalue weighted by Gasteiger charge is 2.20. The Morgan fingerprint density at radius 1 is 1.15 bits per heavy atom. The zero-order valence-corrected chi connectivity index (χ0v) is 16.6. The highest BCUT2D eigenvalue weighted by Crippen LogP contribution is 2.22. The lowest BCUT2D eigenvalue weighted by Gasteiger charge is -2.19. The van der Waals surface area contributed by atoms with E-state index >= 15 is 0 Å². The second-order valence-corrected chi connectivity index (χ2v) is 6.92. The van der Waals surface area contributed by atoms with Gasteiger partial charge in [0.25, 0.3) is 5.91 Å². The van der Waals surface area contributed by atoms with Gasteiger partial charge in [0.05, 0.1) is 12.7 Å². The Labute approximate surface area is 164 Å². The van der Waals surface area contributed by atoms with Crippen LogP contribution in [-0.4, -0.2) is 46.8 Å². The molecule has 0 radical (unpaired) electrons. The molecule has 0 aliphatic rings. The summed E-state index contributed by atoms with van der Waals surface area (Å²) in [5.41, 5.74) is 2.55. The molecule has 1 heterocycles. The van der Waals surface area contributed by atoms with E-state index in [1.807, 2.05) is 72.3 Å². The first-order valence-electron chi connectivity index (χ1n) is 8.73. The van der Waals surface area contributed by atoms with Crippen LogP contribution in [0.1, 0.15) is 16.1 Å². The number of likely N-dealkylation sites (N-methyl/N-ethyl adjacent to an activating group) is 1. The number of aryl methyl sites for hydroxylation is 1. The lowest BCUT2D eigenvalue weighted by Crippen LogP contribution is -2.32. The molecule has 0 unspecified atom stereocenters. The highest BCUT2D eigenvalue weighted by atomic mass is 32.2. The molecule has 0 bridgehead atoms. The third kappa shape index (κ3) is 4.34. The van der Waals surface area contributed by atoms with E-state index < -0.39 is 0 Å². The molecule has 140 valence electrons. The molecule has 27 heavy (non-hydrogen) atoms. The van der Waals surface area contributed by atoms with Crippen LogP contribution in [0.15, 0.2) is 66.0 Å². The molecule has 3 rings (SSSR count). The molecule has 1 aromatic heterocycles. The van der Waals surface area contributed by atoms with Crippen molar-refractivity contribution >= 4 is 17.7 Å². The predicted molar refractivity (Wildman–Crippen MR) is 109 cm³/mol. The average Bonchev–Trinajstić information content (AvgIpc) is 3.13. The Hall–Kier alpha value is -2.73. The van der Waals surface area contributed by atoms with Crippen LogP contribution in [0.25, 0.3) is 5.69 Å². The zero-order chi connectivity index (χ0) is 19.2. The third-order valence-electron chi connectivity index (χ3n) is 4.27. The number of rotatable bonds is 7. The van der Waals surface area contributed by atoms with Crippen molar-refractivity contribution in [2.24, 2.45) is 0 Å². The van der Waals surface area contributed by atoms with Gasteiger partial charge in [0.15, 0.2) is 5.16 Å². The standard InChI is InChI=1S/C21H23N3O2S/c1-16-9-7-8-12-19(16)26-14-13-23(2)20(25)18-15-22-21(27-3)24(18)17-10-5-4-6-11-17/h4-12,15H,13-14H2,1-3H3. The number of hydrogen-bond donors (Lipinski definition) is 0. The molecule has 6 heteroatoms. The van der Waals surface area contributed by atoms with E-state index in [1.54, 1.807) is 18.1 Å². The van der Waals surface area contributed by atoms with Gasteiger partial charge in [-0.2, -0.15) is 0 Å². The van der Waals surface area contributed by atoms with Crippen LogP contribution < -0.4 is 4.74 Å². The third-order valence-corrected chi connectivity index (χ3v) is 4.92. The van der Waals surface area contributed by atoms with E-state index in [2.05, 4.69) is 4.98 Å². The van der Waals surface area contributed by atoms with Crippen LogP contribution in [0.2, 0.25) is 0 Å². The monoisotopic (exact) mass is 381 g/mol. The summed E-state index contributed by atoms with van der Waals surface area (Å²) in [6, 6.07) is 17.7. The number of imidazole rings is 1. The Morgan fingerprint density at radius 3 is 2.56 bits per heavy atom. The summed E-state index contributed by atoms with van der Waals surface area (Å²) in [4.78, 5) is 19.0. The molecule has 0 saturated heterocycles. The summed E-state index contributed by atoms with van der Waals surface area (Å²) in [6.45, 7) is 2.93. The van der Waals surface area contributed by atoms with Crippen molar-refractivity contribution in [2.75, 3.05) is 26.5 Å². The average molecular weight is 382 g/mol. The Balaban J connectivity index is 1.72. The maximum Gasteiger partial charge on any atom is 0.272 e. The lowest BCUT2D eigenvalue weighted by molar-refractivity contribution is 0.0765. The maximum absolute atomic E-state index is 13.0. The summed E-state index contributed by atoms with van der Waals surface area (Å²) < 4.78 is 7.71. The normalized spacial score (nSPS) is 10.6. The minimum atomic E-state index is -0.0833. The molecule has 0 fully saturated rings. The van der Waals surface area contributed by atoms with Crippen molar-refractivity contribution in [1.29, 1.82) is 0 Å². The number of carbonyl (C=O) groups is 1. The van der Waals surface area contributed by atoms with Crippen LogP contribution >= 0.6 is 11.8 Å². The van der Waals surface area contributed by atoms with E-state index in [1.165, 1.54) is 11.8 Å². The number of benzene rings is 2. The second kappa shape index (κ2) is 8.77. The second-order valence-electron chi connectivity index (χ2n) is 6.14. The SMILES string of the molecule is CSc1ncc(C(=O)N(C)CCOc2ccccc2C)n1-c1ccccc1. The van der Waals surface area contributed by atoms with Gasteiger partial charge < -0.3 is 9.64 Å². The fraction of sp³-hybridized carbons (Fsp3) is 0.238. The number of thioether (sulfide) groups is 1. The summed E-state index contributed by atoms with van der Waals surface area (Å²) in [5, 5.41) is 0.786. The van der Waals surface area contributed by atoms with E-state index in [-0.39, 0.29) is 5.91 Å². The van der Waals surface area contributed by atoms with Crippen molar-refractivity contribution < 1.29 is 9.53 Å². The predicted octanol–water partition coefficient (Wildman–Crippen LogP) is 4.05. The first-order valence-corrected chi connectivity index (χ1v) is 9.95. The van der Waals surface area contributed by atoms with Crippen molar-refractivity contribution in [3.05, 3.63) is 72.1 Å². The quantitative estimate of drug-likeness (QED) is 0.579. The first-order chi connectivity index (χ1) is 13.1. The van der Waals surface area contributed by atoms with Crippen LogP contribution in [0, 0.1) is 6.92 Å². The molecule has 0 atom stereocenters. The van der Waals surface area contributed by atoms with Gasteiger partial charge in [0.1, 0.15) is 18.1 Å². The molecule has 0 aliphatic heterocycles. The van der Waals surface area contributed by atoms with Gasteiger partial charge >= 0.3 is 0 Å². The van der Waals surface area contributed by atoms with Crippen LogP contribution in [0.4, 0.5) is 0 Å². The maximum atomic E-state index is 13.0. The molecule has 0 aliphatic carbocycles. The minimum absolute atomic E-state index is 0.0833. The summed E-state index contributed by atoms with van der Waals surface area (Å²) in [5.74, 6) is 0.761. The highest BCUT2D eigenvalue weighted by molar-refractivity contribution is 7.98. The van der Waals surface area contributed by atoms with E-state index in [4.69, 9.17) is 4.74 Å². The smallest absolute Gasteiger partial charge is 0.272 e. The van der Waals surface area contributed by atoms with Gasteiger partial charge in [-0.15, -0.1) is 0 Å². The van der Waals surface area contributed by atoms with Crippen molar-refractivity contribution in [1.82, 2.24) is 14.5 Å². The minimum Gasteiger partial charge on any atom is -0.491 e. The van der Waals surface area contributed by atoms with Crippen LogP contribution in [0.5, 0.6) is 5.75 Å². The van der Waals surface area contributed by atoms with Crippen molar-refractivity contribution in [3.8, 4) is 11.4 Å². The number of carbonyl (C=O) groups excluding carboxylic acids is 1. The molecule has 0 saturated carbocycles. The van der Waals surface area contributed by atoms with Crippen molar-refractivity contribution in [3.63, 3.8) is 0 Å². The topological polar surface area (TPSA) is 47.4 Å². The number of amides is 1. The van der Waals surface area contributed by atoms with Gasteiger partial charge in [-0.05, 0) is 36.9 Å². The molecule has 0 spiro atoms. The molecule has 3 aromatic rings. The Kier molecular flexibility index (Phi) is 6.19. The number of para-hydroxylation sites is 2. The first kappa shape index (κ1) is 19.0. The molecular weight excluding hydrogens is 358 g/mol. The molecule has 1 amide bonds. The fourth-order valence-corrected chi connectivity index (χ4v) is 3.31. The Bertz CT molecular complexity index is 909. The van der Waals surface area contributed by atoms with E-state index in [0.29, 0.717) is 18.8 Å². The van der Waals surface area contributed by atoms with Gasteiger partial charge in [0, 0.05) is 12.7 Å². The lowest BCUT2D eigenvalue weighted by atomic mass is 10.2. The van der Waals surface area contributed by atoms with Gasteiger partial charge in [0.2, 0.25) is 0 Å².